The van der Waals surface area contributed by atoms with Crippen LogP contribution in [0.2, 0.25) is 0 Å². The maximum Gasteiger partial charge on any atom is 0.145 e. The Balaban J connectivity index is 1.10. The van der Waals surface area contributed by atoms with Crippen molar-refractivity contribution in [3.63, 3.8) is 0 Å². The number of hydrogen-bond acceptors (Lipinski definition) is 1. The number of hydrogen-bond donors (Lipinski definition) is 0. The Labute approximate surface area is 375 Å². The van der Waals surface area contributed by atoms with Crippen molar-refractivity contribution in [2.45, 2.75) is 13.8 Å². The first-order valence-corrected chi connectivity index (χ1v) is 22.6. The van der Waals surface area contributed by atoms with Gasteiger partial charge in [0.15, 0.2) is 0 Å². The molecule has 1 aromatic heterocycles. The van der Waals surface area contributed by atoms with E-state index < -0.39 is 0 Å². The minimum absolute atomic E-state index is 0.948. The van der Waals surface area contributed by atoms with Gasteiger partial charge in [0.1, 0.15) is 5.82 Å². The quantitative estimate of drug-likeness (QED) is 0.158. The lowest BCUT2D eigenvalue weighted by atomic mass is 9.84. The molecule has 1 heterocycles. The zero-order valence-corrected chi connectivity index (χ0v) is 36.0. The lowest BCUT2D eigenvalue weighted by Gasteiger charge is -2.19. The molecule has 0 spiro atoms. The average molecular weight is 825 g/mol. The number of para-hydroxylation sites is 2. The molecule has 0 radical (unpaired) electrons. The Kier molecular flexibility index (Phi) is 7.56. The molecule has 0 bridgehead atoms. The van der Waals surface area contributed by atoms with Crippen LogP contribution in [0.1, 0.15) is 11.1 Å². The third kappa shape index (κ3) is 5.02. The van der Waals surface area contributed by atoms with Crippen LogP contribution in [0.4, 0.5) is 0 Å². The van der Waals surface area contributed by atoms with Gasteiger partial charge >= 0.3 is 0 Å². The summed E-state index contributed by atoms with van der Waals surface area (Å²) in [7, 11) is 0. The minimum atomic E-state index is 0.948. The van der Waals surface area contributed by atoms with E-state index in [1.165, 1.54) is 120 Å². The van der Waals surface area contributed by atoms with E-state index in [2.05, 4.69) is 225 Å². The number of imidazole rings is 1. The molecular weight excluding hydrogens is 785 g/mol. The molecule has 0 aliphatic rings. The number of fused-ring (bicyclic) bond motifs is 9. The Morgan fingerprint density at radius 2 is 0.831 bits per heavy atom. The van der Waals surface area contributed by atoms with Gasteiger partial charge in [0.2, 0.25) is 0 Å². The molecule has 65 heavy (non-hydrogen) atoms. The summed E-state index contributed by atoms with van der Waals surface area (Å²) in [6.07, 6.45) is 0. The molecule has 0 saturated carbocycles. The fraction of sp³-hybridized carbons (Fsp3) is 0.0317. The van der Waals surface area contributed by atoms with Gasteiger partial charge in [-0.3, -0.25) is 4.57 Å². The largest absolute Gasteiger partial charge is 0.292 e. The molecule has 14 rings (SSSR count). The van der Waals surface area contributed by atoms with Crippen LogP contribution in [-0.2, 0) is 0 Å². The zero-order chi connectivity index (χ0) is 42.9. The number of benzene rings is 11. The van der Waals surface area contributed by atoms with E-state index in [4.69, 9.17) is 4.98 Å². The van der Waals surface area contributed by atoms with E-state index in [1.54, 1.807) is 0 Å². The van der Waals surface area contributed by atoms with E-state index >= 15 is 0 Å². The van der Waals surface area contributed by atoms with Crippen molar-refractivity contribution in [1.29, 1.82) is 0 Å². The van der Waals surface area contributed by atoms with Crippen molar-refractivity contribution < 1.29 is 0 Å². The normalized spacial score (nSPS) is 12.2. The highest BCUT2D eigenvalue weighted by atomic mass is 15.1. The van der Waals surface area contributed by atoms with Crippen molar-refractivity contribution in [2.24, 2.45) is 0 Å². The Hall–Kier alpha value is -8.33. The summed E-state index contributed by atoms with van der Waals surface area (Å²) in [5.41, 5.74) is 14.4. The van der Waals surface area contributed by atoms with Crippen molar-refractivity contribution in [2.75, 3.05) is 0 Å². The van der Waals surface area contributed by atoms with Gasteiger partial charge in [0, 0.05) is 11.3 Å². The van der Waals surface area contributed by atoms with Gasteiger partial charge in [-0.1, -0.05) is 176 Å². The molecule has 0 aliphatic heterocycles. The molecule has 0 unspecified atom stereocenters. The van der Waals surface area contributed by atoms with Gasteiger partial charge < -0.3 is 0 Å². The molecule has 0 N–H and O–H groups in total. The van der Waals surface area contributed by atoms with Crippen LogP contribution in [0.3, 0.4) is 0 Å². The summed E-state index contributed by atoms with van der Waals surface area (Å²) >= 11 is 0. The van der Waals surface area contributed by atoms with Crippen LogP contribution in [0.15, 0.2) is 206 Å². The van der Waals surface area contributed by atoms with Gasteiger partial charge in [-0.05, 0) is 164 Å². The second kappa shape index (κ2) is 13.6. The molecule has 2 heteroatoms. The lowest BCUT2D eigenvalue weighted by Crippen LogP contribution is -2.00. The molecule has 0 atom stereocenters. The van der Waals surface area contributed by atoms with Gasteiger partial charge in [-0.25, -0.2) is 4.98 Å². The highest BCUT2D eigenvalue weighted by Gasteiger charge is 2.27. The summed E-state index contributed by atoms with van der Waals surface area (Å²) in [6.45, 7) is 4.55. The van der Waals surface area contributed by atoms with E-state index in [-0.39, 0.29) is 0 Å². The van der Waals surface area contributed by atoms with E-state index in [9.17, 15) is 0 Å². The number of rotatable bonds is 5. The van der Waals surface area contributed by atoms with Crippen molar-refractivity contribution >= 4 is 86.4 Å². The fourth-order valence-corrected chi connectivity index (χ4v) is 11.8. The van der Waals surface area contributed by atoms with Crippen LogP contribution in [0, 0.1) is 13.8 Å². The molecular formula is C63H40N2. The van der Waals surface area contributed by atoms with Crippen molar-refractivity contribution in [1.82, 2.24) is 9.55 Å². The monoisotopic (exact) mass is 824 g/mol. The molecule has 302 valence electrons. The summed E-state index contributed by atoms with van der Waals surface area (Å²) < 4.78 is 2.33. The van der Waals surface area contributed by atoms with Crippen molar-refractivity contribution in [3.8, 4) is 50.5 Å². The average Bonchev–Trinajstić information content (AvgIpc) is 4.02. The number of nitrogens with zero attached hydrogens (tertiary/aromatic N) is 2. The summed E-state index contributed by atoms with van der Waals surface area (Å²) in [5.74, 6) is 0.948. The maximum absolute atomic E-state index is 5.17. The van der Waals surface area contributed by atoms with E-state index in [1.807, 2.05) is 0 Å². The first kappa shape index (κ1) is 36.2. The standard InChI is InChI=1S/C63H40N2/c1-37-34-42(65-54-31-15-14-30-53(54)64-63(65)41-22-10-5-11-23-41)35-38(2)55(37)47-32-33-50-58-46(47)27-17-29-49(58)62-57(40-20-8-4-9-21-40)60-48-28-16-26-45-43-24-12-13-25-44(43)51(59(45)48)36-52(60)56(61(50)62)39-18-6-3-7-19-39/h3-36H,1-2H3. The van der Waals surface area contributed by atoms with E-state index in [0.717, 1.165) is 28.1 Å². The maximum atomic E-state index is 5.17. The van der Waals surface area contributed by atoms with E-state index in [0.29, 0.717) is 0 Å². The van der Waals surface area contributed by atoms with Gasteiger partial charge in [-0.2, -0.15) is 0 Å². The highest BCUT2D eigenvalue weighted by molar-refractivity contribution is 6.45. The summed E-state index contributed by atoms with van der Waals surface area (Å²) in [6, 6.07) is 76.3. The first-order chi connectivity index (χ1) is 32.1. The smallest absolute Gasteiger partial charge is 0.145 e. The van der Waals surface area contributed by atoms with Gasteiger partial charge in [0.05, 0.1) is 11.0 Å². The van der Waals surface area contributed by atoms with Gasteiger partial charge in [-0.15, -0.1) is 0 Å². The molecule has 13 aromatic carbocycles. The predicted molar refractivity (Wildman–Crippen MR) is 277 cm³/mol. The third-order valence-electron chi connectivity index (χ3n) is 14.3. The Bertz CT molecular complexity index is 4200. The molecule has 0 aliphatic carbocycles. The molecule has 14 aromatic rings. The molecule has 0 fully saturated rings. The van der Waals surface area contributed by atoms with Crippen LogP contribution in [-0.4, -0.2) is 9.55 Å². The number of aromatic nitrogens is 2. The lowest BCUT2D eigenvalue weighted by molar-refractivity contribution is 1.09. The van der Waals surface area contributed by atoms with Crippen LogP contribution in [0.5, 0.6) is 0 Å². The number of aryl methyl sites for hydroxylation is 2. The molecule has 2 nitrogen and oxygen atoms in total. The Morgan fingerprint density at radius 1 is 0.323 bits per heavy atom. The first-order valence-electron chi connectivity index (χ1n) is 22.6. The van der Waals surface area contributed by atoms with Crippen LogP contribution < -0.4 is 0 Å². The molecule has 0 amide bonds. The second-order valence-electron chi connectivity index (χ2n) is 17.8. The molecule has 0 saturated heterocycles. The second-order valence-corrected chi connectivity index (χ2v) is 17.8. The SMILES string of the molecule is Cc1cc(-n2c(-c3ccccc3)nc3ccccc32)cc(C)c1-c1ccc2c3c(-c4ccccc4)c4cc5c6ccccc6c6cccc(c4c(-c4ccccc4)c3c3cccc1c23)c65. The topological polar surface area (TPSA) is 17.8 Å². The minimum Gasteiger partial charge on any atom is -0.292 e. The Morgan fingerprint density at radius 3 is 1.54 bits per heavy atom. The van der Waals surface area contributed by atoms with Crippen molar-refractivity contribution in [3.05, 3.63) is 217 Å². The summed E-state index contributed by atoms with van der Waals surface area (Å²) in [4.78, 5) is 5.17. The highest BCUT2D eigenvalue weighted by Crippen LogP contribution is 2.55. The van der Waals surface area contributed by atoms with Crippen LogP contribution >= 0.6 is 0 Å². The fourth-order valence-electron chi connectivity index (χ4n) is 11.8. The zero-order valence-electron chi connectivity index (χ0n) is 36.0. The van der Waals surface area contributed by atoms with Crippen LogP contribution in [0.25, 0.3) is 137 Å². The van der Waals surface area contributed by atoms with Gasteiger partial charge in [0.25, 0.3) is 0 Å². The predicted octanol–water partition coefficient (Wildman–Crippen LogP) is 17.3. The third-order valence-corrected chi connectivity index (χ3v) is 14.3. The summed E-state index contributed by atoms with van der Waals surface area (Å²) in [5, 5.41) is 18.4.